The molecule has 1 heterocycles. The molecule has 7 nitrogen and oxygen atoms in total. The Hall–Kier alpha value is -2.86. The predicted octanol–water partition coefficient (Wildman–Crippen LogP) is -0.877. The number of hydrogen-bond donors (Lipinski definition) is 2. The van der Waals surface area contributed by atoms with Crippen LogP contribution in [0.25, 0.3) is 0 Å². The first-order chi connectivity index (χ1) is 10.4. The van der Waals surface area contributed by atoms with Crippen LogP contribution in [-0.4, -0.2) is 30.1 Å². The molecule has 0 radical (unpaired) electrons. The summed E-state index contributed by atoms with van der Waals surface area (Å²) < 4.78 is 66.7. The molecule has 3 N–H and O–H groups in total. The average Bonchev–Trinajstić information content (AvgIpc) is 2.43. The molecule has 0 aliphatic heterocycles. The van der Waals surface area contributed by atoms with E-state index >= 15 is 0 Å². The van der Waals surface area contributed by atoms with E-state index in [2.05, 4.69) is 4.98 Å². The Morgan fingerprint density at radius 1 is 0.913 bits per heavy atom. The van der Waals surface area contributed by atoms with Crippen LogP contribution in [0.3, 0.4) is 0 Å². The molecule has 1 rings (SSSR count). The van der Waals surface area contributed by atoms with Gasteiger partial charge in [0, 0.05) is 12.1 Å². The maximum atomic E-state index is 11.7. The maximum absolute atomic E-state index is 11.7. The molecule has 0 aromatic carbocycles. The van der Waals surface area contributed by atoms with Crippen LogP contribution >= 0.6 is 0 Å². The summed E-state index contributed by atoms with van der Waals surface area (Å²) in [5.74, 6) is -6.08. The van der Waals surface area contributed by atoms with Crippen LogP contribution in [0.2, 0.25) is 0 Å². The number of carbonyl (C=O) groups is 3. The molecule has 128 valence electrons. The summed E-state index contributed by atoms with van der Waals surface area (Å²) in [6.07, 6.45) is -7.39. The molecule has 0 saturated heterocycles. The fraction of sp³-hybridized carbons (Fsp3) is 0.200. The number of pyridine rings is 1. The highest BCUT2D eigenvalue weighted by molar-refractivity contribution is 5.95. The first kappa shape index (κ1) is 20.1. The lowest BCUT2D eigenvalue weighted by Gasteiger charge is -2.08. The standard InChI is InChI=1S/C8H6F3N3O2.C2HF3O2/c9-8(10,11)7(16)14-13-6(15)5-1-3-12-4-2-5;3-2(4,5)1(6)7/h1-4H,(H,13,15)(H,14,16);(H,6,7). The fourth-order valence-electron chi connectivity index (χ4n) is 0.795. The molecule has 0 saturated carbocycles. The number of carbonyl (C=O) groups excluding carboxylic acids is 3. The summed E-state index contributed by atoms with van der Waals surface area (Å²) >= 11 is 0. The number of carboxylic acids is 1. The number of aromatic amines is 1. The molecule has 0 atom stereocenters. The Morgan fingerprint density at radius 2 is 1.35 bits per heavy atom. The molecule has 23 heavy (non-hydrogen) atoms. The molecule has 0 bridgehead atoms. The van der Waals surface area contributed by atoms with E-state index in [9.17, 15) is 35.9 Å². The van der Waals surface area contributed by atoms with Gasteiger partial charge in [-0.15, -0.1) is 0 Å². The van der Waals surface area contributed by atoms with E-state index in [1.54, 1.807) is 5.43 Å². The van der Waals surface area contributed by atoms with Gasteiger partial charge in [-0.05, 0) is 0 Å². The highest BCUT2D eigenvalue weighted by Crippen LogP contribution is 2.13. The number of H-pyrrole nitrogens is 1. The van der Waals surface area contributed by atoms with Gasteiger partial charge in [-0.3, -0.25) is 20.4 Å². The first-order valence-electron chi connectivity index (χ1n) is 5.27. The van der Waals surface area contributed by atoms with E-state index in [0.29, 0.717) is 0 Å². The van der Waals surface area contributed by atoms with Crippen molar-refractivity contribution in [2.75, 3.05) is 0 Å². The Bertz CT molecular complexity index is 558. The fourth-order valence-corrected chi connectivity index (χ4v) is 0.795. The topological polar surface area (TPSA) is 112 Å². The molecular formula is C10H7F6N3O4. The van der Waals surface area contributed by atoms with E-state index < -0.39 is 30.1 Å². The van der Waals surface area contributed by atoms with E-state index in [1.807, 2.05) is 0 Å². The van der Waals surface area contributed by atoms with Gasteiger partial charge in [-0.2, -0.15) is 26.3 Å². The van der Waals surface area contributed by atoms with Gasteiger partial charge in [-0.1, -0.05) is 0 Å². The number of amides is 2. The second-order valence-electron chi connectivity index (χ2n) is 3.48. The van der Waals surface area contributed by atoms with Crippen LogP contribution < -0.4 is 20.9 Å². The van der Waals surface area contributed by atoms with Gasteiger partial charge in [0.2, 0.25) is 0 Å². The third kappa shape index (κ3) is 8.23. The van der Waals surface area contributed by atoms with Crippen molar-refractivity contribution < 1.29 is 50.8 Å². The summed E-state index contributed by atoms with van der Waals surface area (Å²) in [5, 5.41) is 8.78. The number of aliphatic carboxylic acids is 1. The Labute approximate surface area is 123 Å². The van der Waals surface area contributed by atoms with Crippen LogP contribution in [-0.2, 0) is 9.59 Å². The van der Waals surface area contributed by atoms with Gasteiger partial charge in [0.25, 0.3) is 5.91 Å². The average molecular weight is 347 g/mol. The van der Waals surface area contributed by atoms with Crippen LogP contribution in [0.1, 0.15) is 10.4 Å². The summed E-state index contributed by atoms with van der Waals surface area (Å²) in [5.41, 5.74) is 2.99. The van der Waals surface area contributed by atoms with E-state index in [4.69, 9.17) is 9.90 Å². The molecule has 2 amide bonds. The largest absolute Gasteiger partial charge is 0.542 e. The zero-order chi connectivity index (χ0) is 18.3. The molecule has 13 heteroatoms. The lowest BCUT2D eigenvalue weighted by molar-refractivity contribution is -0.378. The first-order valence-corrected chi connectivity index (χ1v) is 5.27. The van der Waals surface area contributed by atoms with Gasteiger partial charge in [-0.25, -0.2) is 4.98 Å². The van der Waals surface area contributed by atoms with E-state index in [1.165, 1.54) is 30.0 Å². The number of hydrogen-bond acceptors (Lipinski definition) is 4. The van der Waals surface area contributed by atoms with Crippen LogP contribution in [0, 0.1) is 0 Å². The van der Waals surface area contributed by atoms with Crippen molar-refractivity contribution in [2.24, 2.45) is 0 Å². The quantitative estimate of drug-likeness (QED) is 0.508. The number of halogens is 6. The van der Waals surface area contributed by atoms with E-state index in [-0.39, 0.29) is 5.56 Å². The smallest absolute Gasteiger partial charge is 0.472 e. The molecule has 0 fully saturated rings. The number of rotatable bonds is 1. The van der Waals surface area contributed by atoms with Crippen molar-refractivity contribution in [3.63, 3.8) is 0 Å². The minimum atomic E-state index is -5.19. The van der Waals surface area contributed by atoms with Crippen molar-refractivity contribution in [1.29, 1.82) is 0 Å². The Balaban J connectivity index is 0.000000585. The summed E-state index contributed by atoms with van der Waals surface area (Å²) in [6.45, 7) is 0. The van der Waals surface area contributed by atoms with Crippen molar-refractivity contribution in [3.05, 3.63) is 30.1 Å². The van der Waals surface area contributed by atoms with Crippen molar-refractivity contribution in [1.82, 2.24) is 10.9 Å². The molecule has 0 aliphatic rings. The van der Waals surface area contributed by atoms with Gasteiger partial charge in [0.05, 0.1) is 5.56 Å². The highest BCUT2D eigenvalue weighted by atomic mass is 19.4. The lowest BCUT2D eigenvalue weighted by atomic mass is 10.3. The van der Waals surface area contributed by atoms with Crippen molar-refractivity contribution in [2.45, 2.75) is 12.4 Å². The van der Waals surface area contributed by atoms with Gasteiger partial charge in [0.15, 0.2) is 12.4 Å². The number of aromatic nitrogens is 1. The molecule has 1 aromatic rings. The van der Waals surface area contributed by atoms with Gasteiger partial charge >= 0.3 is 18.3 Å². The molecule has 0 spiro atoms. The van der Waals surface area contributed by atoms with Crippen LogP contribution in [0.4, 0.5) is 26.3 Å². The minimum absolute atomic E-state index is 0.112. The zero-order valence-electron chi connectivity index (χ0n) is 10.7. The Kier molecular flexibility index (Phi) is 6.96. The van der Waals surface area contributed by atoms with Crippen molar-refractivity contribution in [3.8, 4) is 0 Å². The highest BCUT2D eigenvalue weighted by Gasteiger charge is 2.39. The third-order valence-electron chi connectivity index (χ3n) is 1.76. The predicted molar refractivity (Wildman–Crippen MR) is 55.7 cm³/mol. The number of hydrazine groups is 1. The normalized spacial score (nSPS) is 10.9. The molecule has 0 unspecified atom stereocenters. The second kappa shape index (κ2) is 7.95. The maximum Gasteiger partial charge on any atom is 0.472 e. The minimum Gasteiger partial charge on any atom is -0.542 e. The summed E-state index contributed by atoms with van der Waals surface area (Å²) in [6, 6.07) is 2.68. The van der Waals surface area contributed by atoms with E-state index in [0.717, 1.165) is 0 Å². The monoisotopic (exact) mass is 347 g/mol. The third-order valence-corrected chi connectivity index (χ3v) is 1.76. The van der Waals surface area contributed by atoms with Crippen LogP contribution in [0.5, 0.6) is 0 Å². The lowest BCUT2D eigenvalue weighted by Crippen LogP contribution is -2.47. The summed E-state index contributed by atoms with van der Waals surface area (Å²) in [7, 11) is 0. The van der Waals surface area contributed by atoms with Gasteiger partial charge < -0.3 is 9.90 Å². The number of carboxylic acid groups (broad SMARTS) is 1. The van der Waals surface area contributed by atoms with Gasteiger partial charge in [0.1, 0.15) is 5.97 Å². The molecular weight excluding hydrogens is 340 g/mol. The van der Waals surface area contributed by atoms with Crippen LogP contribution in [0.15, 0.2) is 24.5 Å². The van der Waals surface area contributed by atoms with Crippen molar-refractivity contribution >= 4 is 17.8 Å². The SMILES string of the molecule is O=C(NNC(=O)C(F)(F)F)c1cc[nH+]cc1.O=C([O-])C(F)(F)F. The molecule has 0 aliphatic carbocycles. The number of nitrogens with one attached hydrogen (secondary N) is 3. The second-order valence-corrected chi connectivity index (χ2v) is 3.48. The Morgan fingerprint density at radius 3 is 1.70 bits per heavy atom. The molecule has 1 aromatic heterocycles. The zero-order valence-corrected chi connectivity index (χ0v) is 10.7. The summed E-state index contributed by atoms with van der Waals surface area (Å²) in [4.78, 5) is 32.9. The number of alkyl halides is 6.